The van der Waals surface area contributed by atoms with E-state index in [1.807, 2.05) is 0 Å². The SMILES string of the molecule is C/C=C/CCC1CCC(CCC2CCC(c3cc(F)c(C(F)(F)F)c(F)c3)CC2)CC1. The van der Waals surface area contributed by atoms with Crippen LogP contribution in [0.5, 0.6) is 0 Å². The molecule has 0 unspecified atom stereocenters. The van der Waals surface area contributed by atoms with Crippen LogP contribution in [0.25, 0.3) is 0 Å². The fourth-order valence-corrected chi connectivity index (χ4v) is 5.66. The molecule has 31 heavy (non-hydrogen) atoms. The second-order valence-electron chi connectivity index (χ2n) is 9.69. The van der Waals surface area contributed by atoms with Gasteiger partial charge in [0.15, 0.2) is 0 Å². The topological polar surface area (TPSA) is 0 Å². The number of benzene rings is 1. The fraction of sp³-hybridized carbons (Fsp3) is 0.692. The number of halogens is 5. The molecule has 0 N–H and O–H groups in total. The van der Waals surface area contributed by atoms with E-state index in [9.17, 15) is 22.0 Å². The van der Waals surface area contributed by atoms with Crippen LogP contribution in [-0.4, -0.2) is 0 Å². The van der Waals surface area contributed by atoms with E-state index in [4.69, 9.17) is 0 Å². The number of rotatable bonds is 7. The van der Waals surface area contributed by atoms with E-state index in [-0.39, 0.29) is 5.92 Å². The van der Waals surface area contributed by atoms with Crippen molar-refractivity contribution in [3.05, 3.63) is 47.0 Å². The average Bonchev–Trinajstić information content (AvgIpc) is 2.72. The molecule has 0 aromatic heterocycles. The van der Waals surface area contributed by atoms with Crippen LogP contribution in [0.1, 0.15) is 101 Å². The lowest BCUT2D eigenvalue weighted by molar-refractivity contribution is -0.142. The van der Waals surface area contributed by atoms with Gasteiger partial charge in [-0.1, -0.05) is 50.7 Å². The first-order valence-electron chi connectivity index (χ1n) is 11.9. The summed E-state index contributed by atoms with van der Waals surface area (Å²) in [5.41, 5.74) is -1.40. The van der Waals surface area contributed by atoms with Gasteiger partial charge in [-0.2, -0.15) is 13.2 Å². The fourth-order valence-electron chi connectivity index (χ4n) is 5.66. The van der Waals surface area contributed by atoms with Crippen molar-refractivity contribution in [1.29, 1.82) is 0 Å². The van der Waals surface area contributed by atoms with Crippen molar-refractivity contribution in [1.82, 2.24) is 0 Å². The summed E-state index contributed by atoms with van der Waals surface area (Å²) in [6, 6.07) is 1.79. The van der Waals surface area contributed by atoms with Crippen molar-refractivity contribution in [2.45, 2.75) is 96.1 Å². The number of hydrogen-bond acceptors (Lipinski definition) is 0. The van der Waals surface area contributed by atoms with Gasteiger partial charge in [-0.3, -0.25) is 0 Å². The lowest BCUT2D eigenvalue weighted by Crippen LogP contribution is -2.18. The minimum Gasteiger partial charge on any atom is -0.206 e. The third kappa shape index (κ3) is 6.79. The molecule has 0 nitrogen and oxygen atoms in total. The van der Waals surface area contributed by atoms with Gasteiger partial charge in [-0.15, -0.1) is 0 Å². The number of hydrogen-bond donors (Lipinski definition) is 0. The highest BCUT2D eigenvalue weighted by molar-refractivity contribution is 5.30. The average molecular weight is 443 g/mol. The van der Waals surface area contributed by atoms with Crippen LogP contribution in [0, 0.1) is 29.4 Å². The Balaban J connectivity index is 1.42. The van der Waals surface area contributed by atoms with Crippen LogP contribution in [0.3, 0.4) is 0 Å². The van der Waals surface area contributed by atoms with Crippen LogP contribution in [-0.2, 0) is 6.18 Å². The van der Waals surface area contributed by atoms with Crippen LogP contribution in [0.15, 0.2) is 24.3 Å². The first-order valence-corrected chi connectivity index (χ1v) is 11.9. The summed E-state index contributed by atoms with van der Waals surface area (Å²) in [6.45, 7) is 2.07. The summed E-state index contributed by atoms with van der Waals surface area (Å²) in [5.74, 6) is -0.693. The van der Waals surface area contributed by atoms with Gasteiger partial charge in [0.1, 0.15) is 17.2 Å². The van der Waals surface area contributed by atoms with Crippen molar-refractivity contribution >= 4 is 0 Å². The molecular formula is C26H35F5. The molecule has 0 spiro atoms. The zero-order chi connectivity index (χ0) is 22.4. The number of allylic oxidation sites excluding steroid dienone is 2. The monoisotopic (exact) mass is 442 g/mol. The summed E-state index contributed by atoms with van der Waals surface area (Å²) in [4.78, 5) is 0. The highest BCUT2D eigenvalue weighted by Crippen LogP contribution is 2.42. The molecule has 0 saturated heterocycles. The highest BCUT2D eigenvalue weighted by Gasteiger charge is 2.38. The van der Waals surface area contributed by atoms with Crippen molar-refractivity contribution in [3.63, 3.8) is 0 Å². The molecule has 0 bridgehead atoms. The third-order valence-corrected chi connectivity index (χ3v) is 7.59. The minimum absolute atomic E-state index is 0.0462. The van der Waals surface area contributed by atoms with Crippen LogP contribution in [0.4, 0.5) is 22.0 Å². The Bertz CT molecular complexity index is 697. The molecule has 1 aromatic carbocycles. The molecule has 2 aliphatic carbocycles. The van der Waals surface area contributed by atoms with E-state index in [1.54, 1.807) is 0 Å². The van der Waals surface area contributed by atoms with E-state index < -0.39 is 23.4 Å². The van der Waals surface area contributed by atoms with Crippen molar-refractivity contribution in [2.75, 3.05) is 0 Å². The van der Waals surface area contributed by atoms with Crippen molar-refractivity contribution in [2.24, 2.45) is 17.8 Å². The zero-order valence-electron chi connectivity index (χ0n) is 18.5. The van der Waals surface area contributed by atoms with Gasteiger partial charge in [-0.05, 0) is 86.8 Å². The lowest BCUT2D eigenvalue weighted by Gasteiger charge is -2.32. The molecule has 5 heteroatoms. The second-order valence-corrected chi connectivity index (χ2v) is 9.69. The van der Waals surface area contributed by atoms with E-state index in [2.05, 4.69) is 19.1 Å². The van der Waals surface area contributed by atoms with Crippen LogP contribution >= 0.6 is 0 Å². The molecule has 1 aromatic rings. The van der Waals surface area contributed by atoms with Gasteiger partial charge in [0.05, 0.1) is 0 Å². The second kappa shape index (κ2) is 11.0. The van der Waals surface area contributed by atoms with Crippen LogP contribution in [0.2, 0.25) is 0 Å². The van der Waals surface area contributed by atoms with E-state index >= 15 is 0 Å². The summed E-state index contributed by atoms with van der Waals surface area (Å²) in [7, 11) is 0. The molecular weight excluding hydrogens is 407 g/mol. The van der Waals surface area contributed by atoms with E-state index in [0.29, 0.717) is 11.5 Å². The van der Waals surface area contributed by atoms with Gasteiger partial charge in [0.25, 0.3) is 0 Å². The Hall–Kier alpha value is -1.39. The third-order valence-electron chi connectivity index (χ3n) is 7.59. The minimum atomic E-state index is -5.00. The molecule has 0 heterocycles. The standard InChI is InChI=1S/C26H35F5/c1-2-3-4-5-18-6-8-19(9-7-18)10-11-20-12-14-21(15-13-20)22-16-23(27)25(24(28)17-22)26(29,30)31/h2-3,16-21H,4-15H2,1H3/b3-2+. The molecule has 0 aliphatic heterocycles. The Labute approximate surface area is 183 Å². The van der Waals surface area contributed by atoms with Crippen molar-refractivity contribution < 1.29 is 22.0 Å². The zero-order valence-corrected chi connectivity index (χ0v) is 18.5. The summed E-state index contributed by atoms with van der Waals surface area (Å²) < 4.78 is 66.2. The smallest absolute Gasteiger partial charge is 0.206 e. The molecule has 2 aliphatic rings. The summed E-state index contributed by atoms with van der Waals surface area (Å²) in [5, 5.41) is 0. The normalized spacial score (nSPS) is 27.7. The Morgan fingerprint density at radius 3 is 1.68 bits per heavy atom. The maximum absolute atomic E-state index is 13.9. The van der Waals surface area contributed by atoms with Crippen molar-refractivity contribution in [3.8, 4) is 0 Å². The number of alkyl halides is 3. The Morgan fingerprint density at radius 1 is 0.774 bits per heavy atom. The van der Waals surface area contributed by atoms with E-state index in [1.165, 1.54) is 51.4 Å². The molecule has 0 atom stereocenters. The molecule has 3 rings (SSSR count). The lowest BCUT2D eigenvalue weighted by atomic mass is 9.74. The first kappa shape index (κ1) is 24.3. The molecule has 2 saturated carbocycles. The highest BCUT2D eigenvalue weighted by atomic mass is 19.4. The van der Waals surface area contributed by atoms with Gasteiger partial charge in [0, 0.05) is 0 Å². The van der Waals surface area contributed by atoms with Gasteiger partial charge in [0.2, 0.25) is 0 Å². The molecule has 0 radical (unpaired) electrons. The molecule has 0 amide bonds. The maximum Gasteiger partial charge on any atom is 0.422 e. The van der Waals surface area contributed by atoms with E-state index in [0.717, 1.165) is 49.7 Å². The largest absolute Gasteiger partial charge is 0.422 e. The Kier molecular flexibility index (Phi) is 8.58. The Morgan fingerprint density at radius 2 is 1.23 bits per heavy atom. The van der Waals surface area contributed by atoms with Gasteiger partial charge >= 0.3 is 6.18 Å². The quantitative estimate of drug-likeness (QED) is 0.292. The molecule has 2 fully saturated rings. The van der Waals surface area contributed by atoms with Crippen LogP contribution < -0.4 is 0 Å². The maximum atomic E-state index is 13.9. The predicted molar refractivity (Wildman–Crippen MR) is 115 cm³/mol. The van der Waals surface area contributed by atoms with Gasteiger partial charge in [-0.25, -0.2) is 8.78 Å². The van der Waals surface area contributed by atoms with Gasteiger partial charge < -0.3 is 0 Å². The summed E-state index contributed by atoms with van der Waals surface area (Å²) >= 11 is 0. The molecule has 174 valence electrons. The predicted octanol–water partition coefficient (Wildman–Crippen LogP) is 9.20. The first-order chi connectivity index (χ1) is 14.8. The summed E-state index contributed by atoms with van der Waals surface area (Å²) in [6.07, 6.45) is 13.3.